The summed E-state index contributed by atoms with van der Waals surface area (Å²) in [6.45, 7) is 1.40. The van der Waals surface area contributed by atoms with Crippen LogP contribution in [0.5, 0.6) is 0 Å². The van der Waals surface area contributed by atoms with Crippen LogP contribution in [0.3, 0.4) is 0 Å². The second kappa shape index (κ2) is 7.17. The lowest BCUT2D eigenvalue weighted by molar-refractivity contribution is 0.245. The van der Waals surface area contributed by atoms with Gasteiger partial charge in [-0.15, -0.1) is 0 Å². The van der Waals surface area contributed by atoms with Crippen molar-refractivity contribution in [3.8, 4) is 0 Å². The highest BCUT2D eigenvalue weighted by Crippen LogP contribution is 2.23. The molecule has 1 nitrogen and oxygen atoms in total. The van der Waals surface area contributed by atoms with Gasteiger partial charge in [-0.3, -0.25) is 0 Å². The fourth-order valence-corrected chi connectivity index (χ4v) is 1.76. The molecular formula is C14H18F2O. The number of hydrogen-bond acceptors (Lipinski definition) is 1. The zero-order valence-electron chi connectivity index (χ0n) is 10.00. The van der Waals surface area contributed by atoms with E-state index in [0.29, 0.717) is 12.8 Å². The quantitative estimate of drug-likeness (QED) is 0.802. The van der Waals surface area contributed by atoms with E-state index in [1.165, 1.54) is 0 Å². The molecule has 0 aliphatic heterocycles. The first-order valence-corrected chi connectivity index (χ1v) is 5.84. The van der Waals surface area contributed by atoms with Crippen LogP contribution in [0.1, 0.15) is 25.3 Å². The van der Waals surface area contributed by atoms with Crippen LogP contribution in [-0.2, 0) is 6.42 Å². The summed E-state index contributed by atoms with van der Waals surface area (Å²) >= 11 is 0. The van der Waals surface area contributed by atoms with Crippen molar-refractivity contribution in [3.63, 3.8) is 0 Å². The van der Waals surface area contributed by atoms with Gasteiger partial charge in [0.15, 0.2) is 0 Å². The molecule has 0 saturated heterocycles. The Balaban J connectivity index is 2.47. The zero-order chi connectivity index (χ0) is 12.7. The van der Waals surface area contributed by atoms with E-state index >= 15 is 0 Å². The number of rotatable bonds is 6. The van der Waals surface area contributed by atoms with E-state index in [4.69, 9.17) is 5.11 Å². The fourth-order valence-electron chi connectivity index (χ4n) is 1.76. The Morgan fingerprint density at radius 3 is 2.41 bits per heavy atom. The van der Waals surface area contributed by atoms with Gasteiger partial charge in [-0.1, -0.05) is 37.3 Å². The highest BCUT2D eigenvalue weighted by atomic mass is 19.3. The zero-order valence-corrected chi connectivity index (χ0v) is 10.00. The summed E-state index contributed by atoms with van der Waals surface area (Å²) in [5.41, 5.74) is 1.24. The Bertz CT molecular complexity index is 356. The van der Waals surface area contributed by atoms with Crippen LogP contribution in [0.25, 0.3) is 0 Å². The van der Waals surface area contributed by atoms with Crippen molar-refractivity contribution in [3.05, 3.63) is 47.5 Å². The van der Waals surface area contributed by atoms with E-state index in [2.05, 4.69) is 0 Å². The van der Waals surface area contributed by atoms with Gasteiger partial charge in [0.2, 0.25) is 0 Å². The number of halogens is 2. The summed E-state index contributed by atoms with van der Waals surface area (Å²) in [7, 11) is 0. The maximum Gasteiger partial charge on any atom is 0.269 e. The predicted octanol–water partition coefficient (Wildman–Crippen LogP) is 3.79. The molecule has 0 heterocycles. The van der Waals surface area contributed by atoms with Gasteiger partial charge in [0.1, 0.15) is 0 Å². The van der Waals surface area contributed by atoms with E-state index in [9.17, 15) is 8.78 Å². The van der Waals surface area contributed by atoms with Gasteiger partial charge in [-0.2, -0.15) is 8.78 Å². The van der Waals surface area contributed by atoms with Crippen molar-refractivity contribution in [1.82, 2.24) is 0 Å². The first kappa shape index (κ1) is 13.8. The maximum atomic E-state index is 12.6. The van der Waals surface area contributed by atoms with Crippen LogP contribution in [0, 0.1) is 5.92 Å². The molecule has 1 rings (SSSR count). The Hall–Kier alpha value is -1.22. The van der Waals surface area contributed by atoms with Crippen molar-refractivity contribution < 1.29 is 13.9 Å². The van der Waals surface area contributed by atoms with Gasteiger partial charge in [-0.25, -0.2) is 0 Å². The fraction of sp³-hybridized carbons (Fsp3) is 0.429. The number of hydrogen-bond donors (Lipinski definition) is 1. The second-order valence-corrected chi connectivity index (χ2v) is 4.21. The molecule has 0 aliphatic carbocycles. The third kappa shape index (κ3) is 4.65. The van der Waals surface area contributed by atoms with Crippen LogP contribution in [0.15, 0.2) is 42.0 Å². The average molecular weight is 240 g/mol. The Kier molecular flexibility index (Phi) is 5.84. The molecule has 17 heavy (non-hydrogen) atoms. The van der Waals surface area contributed by atoms with Crippen LogP contribution < -0.4 is 0 Å². The predicted molar refractivity (Wildman–Crippen MR) is 64.9 cm³/mol. The SMILES string of the molecule is CC(CO)C(CCCc1ccccc1)=C(F)F. The van der Waals surface area contributed by atoms with Gasteiger partial charge < -0.3 is 5.11 Å². The molecule has 1 unspecified atom stereocenters. The minimum Gasteiger partial charge on any atom is -0.396 e. The van der Waals surface area contributed by atoms with Crippen molar-refractivity contribution in [2.24, 2.45) is 5.92 Å². The maximum absolute atomic E-state index is 12.6. The molecular weight excluding hydrogens is 222 g/mol. The molecule has 0 spiro atoms. The Morgan fingerprint density at radius 2 is 1.88 bits per heavy atom. The molecule has 0 radical (unpaired) electrons. The van der Waals surface area contributed by atoms with Crippen molar-refractivity contribution >= 4 is 0 Å². The average Bonchev–Trinajstić information content (AvgIpc) is 2.34. The van der Waals surface area contributed by atoms with Gasteiger partial charge in [-0.05, 0) is 24.8 Å². The lowest BCUT2D eigenvalue weighted by Gasteiger charge is -2.12. The normalized spacial score (nSPS) is 12.2. The van der Waals surface area contributed by atoms with E-state index in [1.54, 1.807) is 6.92 Å². The Morgan fingerprint density at radius 1 is 1.24 bits per heavy atom. The van der Waals surface area contributed by atoms with Gasteiger partial charge >= 0.3 is 0 Å². The molecule has 0 aliphatic rings. The first-order valence-electron chi connectivity index (χ1n) is 5.84. The van der Waals surface area contributed by atoms with Crippen LogP contribution in [-0.4, -0.2) is 11.7 Å². The molecule has 0 amide bonds. The van der Waals surface area contributed by atoms with Gasteiger partial charge in [0.25, 0.3) is 6.08 Å². The summed E-state index contributed by atoms with van der Waals surface area (Å²) < 4.78 is 25.3. The topological polar surface area (TPSA) is 20.2 Å². The van der Waals surface area contributed by atoms with E-state index in [0.717, 1.165) is 12.0 Å². The molecule has 0 fully saturated rings. The smallest absolute Gasteiger partial charge is 0.269 e. The van der Waals surface area contributed by atoms with E-state index in [-0.39, 0.29) is 12.2 Å². The minimum absolute atomic E-state index is 0.0865. The van der Waals surface area contributed by atoms with Gasteiger partial charge in [0.05, 0.1) is 0 Å². The van der Waals surface area contributed by atoms with Crippen molar-refractivity contribution in [2.75, 3.05) is 6.61 Å². The summed E-state index contributed by atoms with van der Waals surface area (Å²) in [6, 6.07) is 9.80. The van der Waals surface area contributed by atoms with E-state index in [1.807, 2.05) is 30.3 Å². The number of aliphatic hydroxyl groups excluding tert-OH is 1. The van der Waals surface area contributed by atoms with E-state index < -0.39 is 12.0 Å². The summed E-state index contributed by atoms with van der Waals surface area (Å²) in [4.78, 5) is 0. The molecule has 0 bridgehead atoms. The van der Waals surface area contributed by atoms with Crippen LogP contribution in [0.4, 0.5) is 8.78 Å². The molecule has 0 aromatic heterocycles. The molecule has 0 saturated carbocycles. The van der Waals surface area contributed by atoms with Crippen LogP contribution >= 0.6 is 0 Å². The van der Waals surface area contributed by atoms with Crippen molar-refractivity contribution in [1.29, 1.82) is 0 Å². The summed E-state index contributed by atoms with van der Waals surface area (Å²) in [5.74, 6) is -0.448. The standard InChI is InChI=1S/C14H18F2O/c1-11(10-17)13(14(15)16)9-5-8-12-6-3-2-4-7-12/h2-4,6-7,11,17H,5,8-10H2,1H3. The molecule has 1 N–H and O–H groups in total. The third-order valence-electron chi connectivity index (χ3n) is 2.87. The lowest BCUT2D eigenvalue weighted by Crippen LogP contribution is -2.06. The second-order valence-electron chi connectivity index (χ2n) is 4.21. The Labute approximate surface area is 101 Å². The minimum atomic E-state index is -1.64. The number of aryl methyl sites for hydroxylation is 1. The molecule has 1 aromatic carbocycles. The molecule has 94 valence electrons. The molecule has 3 heteroatoms. The summed E-state index contributed by atoms with van der Waals surface area (Å²) in [6.07, 6.45) is 0.176. The molecule has 1 aromatic rings. The van der Waals surface area contributed by atoms with Crippen molar-refractivity contribution in [2.45, 2.75) is 26.2 Å². The third-order valence-corrected chi connectivity index (χ3v) is 2.87. The largest absolute Gasteiger partial charge is 0.396 e. The van der Waals surface area contributed by atoms with Crippen LogP contribution in [0.2, 0.25) is 0 Å². The lowest BCUT2D eigenvalue weighted by atomic mass is 9.96. The number of benzene rings is 1. The van der Waals surface area contributed by atoms with Gasteiger partial charge in [0, 0.05) is 18.1 Å². The highest BCUT2D eigenvalue weighted by Gasteiger charge is 2.13. The first-order chi connectivity index (χ1) is 8.15. The summed E-state index contributed by atoms with van der Waals surface area (Å²) in [5, 5.41) is 8.90. The highest BCUT2D eigenvalue weighted by molar-refractivity contribution is 5.15. The molecule has 1 atom stereocenters. The number of aliphatic hydroxyl groups is 1. The monoisotopic (exact) mass is 240 g/mol.